The first-order chi connectivity index (χ1) is 6.86. The van der Waals surface area contributed by atoms with E-state index in [4.69, 9.17) is 14.7 Å². The van der Waals surface area contributed by atoms with Crippen LogP contribution in [-0.4, -0.2) is 24.8 Å². The van der Waals surface area contributed by atoms with E-state index in [0.717, 1.165) is 0 Å². The summed E-state index contributed by atoms with van der Waals surface area (Å²) in [5, 5.41) is 8.58. The molecular weight excluding hydrogens is 180 g/mol. The zero-order valence-corrected chi connectivity index (χ0v) is 8.06. The summed E-state index contributed by atoms with van der Waals surface area (Å²) in [5.41, 5.74) is 0.360. The minimum Gasteiger partial charge on any atom is -0.491 e. The van der Waals surface area contributed by atoms with Crippen molar-refractivity contribution in [3.63, 3.8) is 0 Å². The maximum absolute atomic E-state index is 8.58. The molecule has 0 aliphatic rings. The summed E-state index contributed by atoms with van der Waals surface area (Å²) >= 11 is 0. The molecule has 0 fully saturated rings. The van der Waals surface area contributed by atoms with Crippen LogP contribution < -0.4 is 4.74 Å². The van der Waals surface area contributed by atoms with Gasteiger partial charge in [-0.3, -0.25) is 0 Å². The number of pyridine rings is 1. The highest BCUT2D eigenvalue weighted by Gasteiger charge is 1.96. The molecule has 0 N–H and O–H groups in total. The van der Waals surface area contributed by atoms with E-state index in [0.29, 0.717) is 31.3 Å². The molecule has 0 saturated heterocycles. The van der Waals surface area contributed by atoms with E-state index in [2.05, 4.69) is 4.98 Å². The minimum absolute atomic E-state index is 0.360. The molecule has 0 aromatic carbocycles. The van der Waals surface area contributed by atoms with E-state index in [1.165, 1.54) is 0 Å². The molecule has 0 aliphatic heterocycles. The van der Waals surface area contributed by atoms with Crippen molar-refractivity contribution in [1.82, 2.24) is 4.98 Å². The molecule has 4 nitrogen and oxygen atoms in total. The summed E-state index contributed by atoms with van der Waals surface area (Å²) < 4.78 is 10.4. The molecule has 1 rings (SSSR count). The molecule has 1 aromatic rings. The Morgan fingerprint density at radius 2 is 2.36 bits per heavy atom. The third-order valence-electron chi connectivity index (χ3n) is 1.55. The van der Waals surface area contributed by atoms with Crippen molar-refractivity contribution in [3.8, 4) is 11.8 Å². The lowest BCUT2D eigenvalue weighted by atomic mass is 10.3. The molecule has 0 atom stereocenters. The van der Waals surface area contributed by atoms with E-state index in [1.807, 2.05) is 13.0 Å². The van der Waals surface area contributed by atoms with Gasteiger partial charge in [0.1, 0.15) is 24.1 Å². The molecule has 1 heterocycles. The van der Waals surface area contributed by atoms with Gasteiger partial charge in [0.05, 0.1) is 6.61 Å². The normalized spacial score (nSPS) is 9.43. The maximum Gasteiger partial charge on any atom is 0.144 e. The van der Waals surface area contributed by atoms with Gasteiger partial charge in [0.25, 0.3) is 0 Å². The Morgan fingerprint density at radius 1 is 1.50 bits per heavy atom. The third-order valence-corrected chi connectivity index (χ3v) is 1.55. The van der Waals surface area contributed by atoms with Gasteiger partial charge in [0.2, 0.25) is 0 Å². The second-order valence-corrected chi connectivity index (χ2v) is 2.53. The van der Waals surface area contributed by atoms with E-state index in [9.17, 15) is 0 Å². The molecule has 0 radical (unpaired) electrons. The summed E-state index contributed by atoms with van der Waals surface area (Å²) in [7, 11) is 0. The summed E-state index contributed by atoms with van der Waals surface area (Å²) in [6.45, 7) is 3.66. The number of hydrogen-bond acceptors (Lipinski definition) is 4. The van der Waals surface area contributed by atoms with Crippen molar-refractivity contribution in [2.75, 3.05) is 19.8 Å². The first-order valence-corrected chi connectivity index (χ1v) is 4.43. The number of nitriles is 1. The first kappa shape index (κ1) is 10.5. The molecule has 4 heteroatoms. The van der Waals surface area contributed by atoms with Crippen LogP contribution in [0.1, 0.15) is 12.6 Å². The van der Waals surface area contributed by atoms with Gasteiger partial charge in [-0.1, -0.05) is 0 Å². The Morgan fingerprint density at radius 3 is 3.07 bits per heavy atom. The Hall–Kier alpha value is -1.60. The molecule has 74 valence electrons. The van der Waals surface area contributed by atoms with E-state index in [1.54, 1.807) is 18.3 Å². The van der Waals surface area contributed by atoms with Crippen LogP contribution in [0.5, 0.6) is 5.75 Å². The van der Waals surface area contributed by atoms with Crippen LogP contribution in [0.2, 0.25) is 0 Å². The van der Waals surface area contributed by atoms with E-state index < -0.39 is 0 Å². The van der Waals surface area contributed by atoms with Gasteiger partial charge in [-0.05, 0) is 13.0 Å². The van der Waals surface area contributed by atoms with Gasteiger partial charge in [-0.2, -0.15) is 5.26 Å². The zero-order valence-electron chi connectivity index (χ0n) is 8.06. The topological polar surface area (TPSA) is 55.1 Å². The Kier molecular flexibility index (Phi) is 4.45. The van der Waals surface area contributed by atoms with Crippen LogP contribution in [0.15, 0.2) is 18.3 Å². The minimum atomic E-state index is 0.360. The van der Waals surface area contributed by atoms with E-state index in [-0.39, 0.29) is 0 Å². The highest BCUT2D eigenvalue weighted by Crippen LogP contribution is 2.09. The maximum atomic E-state index is 8.58. The van der Waals surface area contributed by atoms with Crippen molar-refractivity contribution >= 4 is 0 Å². The number of ether oxygens (including phenoxy) is 2. The smallest absolute Gasteiger partial charge is 0.144 e. The Balaban J connectivity index is 2.39. The van der Waals surface area contributed by atoms with Crippen LogP contribution in [0, 0.1) is 11.3 Å². The van der Waals surface area contributed by atoms with Gasteiger partial charge in [0, 0.05) is 18.9 Å². The van der Waals surface area contributed by atoms with Crippen molar-refractivity contribution in [2.24, 2.45) is 0 Å². The number of hydrogen-bond donors (Lipinski definition) is 0. The van der Waals surface area contributed by atoms with Gasteiger partial charge in [-0.15, -0.1) is 0 Å². The molecule has 0 bridgehead atoms. The molecule has 14 heavy (non-hydrogen) atoms. The number of nitrogens with zero attached hydrogens (tertiary/aromatic N) is 2. The van der Waals surface area contributed by atoms with E-state index >= 15 is 0 Å². The van der Waals surface area contributed by atoms with Crippen LogP contribution in [0.25, 0.3) is 0 Å². The van der Waals surface area contributed by atoms with Crippen molar-refractivity contribution in [3.05, 3.63) is 24.0 Å². The molecule has 1 aromatic heterocycles. The van der Waals surface area contributed by atoms with Crippen molar-refractivity contribution in [2.45, 2.75) is 6.92 Å². The van der Waals surface area contributed by atoms with Crippen LogP contribution in [0.3, 0.4) is 0 Å². The quantitative estimate of drug-likeness (QED) is 0.661. The lowest BCUT2D eigenvalue weighted by Crippen LogP contribution is -2.06. The molecule has 0 unspecified atom stereocenters. The highest BCUT2D eigenvalue weighted by atomic mass is 16.5. The lowest BCUT2D eigenvalue weighted by molar-refractivity contribution is 0.110. The van der Waals surface area contributed by atoms with Crippen LogP contribution >= 0.6 is 0 Å². The van der Waals surface area contributed by atoms with Gasteiger partial charge >= 0.3 is 0 Å². The largest absolute Gasteiger partial charge is 0.491 e. The number of aromatic nitrogens is 1. The predicted molar refractivity (Wildman–Crippen MR) is 50.9 cm³/mol. The molecule has 0 amide bonds. The third kappa shape index (κ3) is 3.42. The fourth-order valence-electron chi connectivity index (χ4n) is 0.925. The van der Waals surface area contributed by atoms with Gasteiger partial charge in [0.15, 0.2) is 0 Å². The van der Waals surface area contributed by atoms with Gasteiger partial charge < -0.3 is 9.47 Å². The fourth-order valence-corrected chi connectivity index (χ4v) is 0.925. The van der Waals surface area contributed by atoms with Crippen LogP contribution in [0.4, 0.5) is 0 Å². The molecule has 0 saturated carbocycles. The second-order valence-electron chi connectivity index (χ2n) is 2.53. The van der Waals surface area contributed by atoms with Crippen LogP contribution in [-0.2, 0) is 4.74 Å². The highest BCUT2D eigenvalue weighted by molar-refractivity contribution is 5.29. The van der Waals surface area contributed by atoms with Crippen molar-refractivity contribution < 1.29 is 9.47 Å². The Bertz CT molecular complexity index is 320. The summed E-state index contributed by atoms with van der Waals surface area (Å²) in [4.78, 5) is 3.83. The molecular formula is C10H12N2O2. The van der Waals surface area contributed by atoms with Crippen molar-refractivity contribution in [1.29, 1.82) is 5.26 Å². The monoisotopic (exact) mass is 192 g/mol. The summed E-state index contributed by atoms with van der Waals surface area (Å²) in [5.74, 6) is 0.649. The standard InChI is InChI=1S/C10H12N2O2/c1-2-13-5-6-14-10-3-4-12-9(7-10)8-11/h3-4,7H,2,5-6H2,1H3. The first-order valence-electron chi connectivity index (χ1n) is 4.43. The SMILES string of the molecule is CCOCCOc1ccnc(C#N)c1. The fraction of sp³-hybridized carbons (Fsp3) is 0.400. The summed E-state index contributed by atoms with van der Waals surface area (Å²) in [6.07, 6.45) is 1.55. The molecule has 0 spiro atoms. The summed E-state index contributed by atoms with van der Waals surface area (Å²) in [6, 6.07) is 5.26. The number of rotatable bonds is 5. The lowest BCUT2D eigenvalue weighted by Gasteiger charge is -2.05. The predicted octanol–water partition coefficient (Wildman–Crippen LogP) is 1.37. The Labute approximate surface area is 83.1 Å². The molecule has 0 aliphatic carbocycles. The zero-order chi connectivity index (χ0) is 10.2. The average Bonchev–Trinajstić information content (AvgIpc) is 2.25. The second kappa shape index (κ2) is 5.95. The van der Waals surface area contributed by atoms with Gasteiger partial charge in [-0.25, -0.2) is 4.98 Å². The average molecular weight is 192 g/mol.